The highest BCUT2D eigenvalue weighted by Gasteiger charge is 2.29. The van der Waals surface area contributed by atoms with E-state index in [4.69, 9.17) is 0 Å². The number of rotatable bonds is 3. The lowest BCUT2D eigenvalue weighted by Crippen LogP contribution is -2.27. The van der Waals surface area contributed by atoms with Crippen molar-refractivity contribution in [3.8, 4) is 5.69 Å². The van der Waals surface area contributed by atoms with E-state index in [1.807, 2.05) is 24.3 Å². The molecule has 6 nitrogen and oxygen atoms in total. The Kier molecular flexibility index (Phi) is 3.47. The third kappa shape index (κ3) is 2.55. The van der Waals surface area contributed by atoms with E-state index in [0.717, 1.165) is 24.5 Å². The zero-order valence-electron chi connectivity index (χ0n) is 11.3. The summed E-state index contributed by atoms with van der Waals surface area (Å²) < 4.78 is 1.68. The number of hydrogen-bond donors (Lipinski definition) is 2. The summed E-state index contributed by atoms with van der Waals surface area (Å²) in [4.78, 5) is 16.1. The van der Waals surface area contributed by atoms with Gasteiger partial charge in [-0.3, -0.25) is 4.79 Å². The van der Waals surface area contributed by atoms with Gasteiger partial charge in [0, 0.05) is 12.2 Å². The highest BCUT2D eigenvalue weighted by Crippen LogP contribution is 2.19. The molecule has 1 amide bonds. The Balaban J connectivity index is 1.68. The molecule has 1 aliphatic rings. The molecule has 0 radical (unpaired) electrons. The molecule has 2 aromatic rings. The summed E-state index contributed by atoms with van der Waals surface area (Å²) in [6, 6.07) is 7.56. The van der Waals surface area contributed by atoms with Crippen LogP contribution < -0.4 is 10.6 Å². The summed E-state index contributed by atoms with van der Waals surface area (Å²) in [5.74, 6) is 0.505. The molecule has 1 aliphatic heterocycles. The van der Waals surface area contributed by atoms with E-state index >= 15 is 0 Å². The summed E-state index contributed by atoms with van der Waals surface area (Å²) >= 11 is 0. The fraction of sp³-hybridized carbons (Fsp3) is 0.357. The van der Waals surface area contributed by atoms with Gasteiger partial charge >= 0.3 is 0 Å². The molecule has 2 N–H and O–H groups in total. The first kappa shape index (κ1) is 12.8. The Hall–Kier alpha value is -2.21. The van der Waals surface area contributed by atoms with Gasteiger partial charge in [-0.1, -0.05) is 6.92 Å². The summed E-state index contributed by atoms with van der Waals surface area (Å²) in [7, 11) is 0. The lowest BCUT2D eigenvalue weighted by Gasteiger charge is -2.14. The molecule has 2 unspecified atom stereocenters. The average molecular weight is 271 g/mol. The van der Waals surface area contributed by atoms with Crippen LogP contribution in [0.4, 0.5) is 5.69 Å². The highest BCUT2D eigenvalue weighted by molar-refractivity contribution is 5.93. The molecule has 0 aliphatic carbocycles. The molecule has 104 valence electrons. The van der Waals surface area contributed by atoms with Crippen molar-refractivity contribution in [2.75, 3.05) is 18.4 Å². The lowest BCUT2D eigenvalue weighted by molar-refractivity contribution is -0.120. The Morgan fingerprint density at radius 3 is 2.75 bits per heavy atom. The van der Waals surface area contributed by atoms with E-state index in [9.17, 15) is 4.79 Å². The first-order valence-electron chi connectivity index (χ1n) is 6.70. The molecule has 2 heterocycles. The molecule has 1 fully saturated rings. The van der Waals surface area contributed by atoms with Crippen LogP contribution in [0.25, 0.3) is 5.69 Å². The van der Waals surface area contributed by atoms with Gasteiger partial charge in [0.15, 0.2) is 0 Å². The molecule has 1 saturated heterocycles. The van der Waals surface area contributed by atoms with Crippen molar-refractivity contribution in [1.29, 1.82) is 0 Å². The number of carbonyl (C=O) groups excluding carboxylic acids is 1. The molecule has 3 rings (SSSR count). The summed E-state index contributed by atoms with van der Waals surface area (Å²) in [5.41, 5.74) is 1.72. The van der Waals surface area contributed by atoms with Crippen LogP contribution in [0.1, 0.15) is 6.92 Å². The Morgan fingerprint density at radius 1 is 1.35 bits per heavy atom. The fourth-order valence-electron chi connectivity index (χ4n) is 2.44. The second-order valence-electron chi connectivity index (χ2n) is 5.12. The first-order valence-corrected chi connectivity index (χ1v) is 6.70. The summed E-state index contributed by atoms with van der Waals surface area (Å²) in [6.45, 7) is 3.76. The second-order valence-corrected chi connectivity index (χ2v) is 5.12. The quantitative estimate of drug-likeness (QED) is 0.875. The maximum Gasteiger partial charge on any atom is 0.229 e. The molecular formula is C14H17N5O. The van der Waals surface area contributed by atoms with Crippen LogP contribution in [-0.4, -0.2) is 33.8 Å². The van der Waals surface area contributed by atoms with Crippen LogP contribution in [0.15, 0.2) is 36.9 Å². The minimum Gasteiger partial charge on any atom is -0.326 e. The van der Waals surface area contributed by atoms with E-state index in [2.05, 4.69) is 27.6 Å². The van der Waals surface area contributed by atoms with E-state index < -0.39 is 0 Å². The largest absolute Gasteiger partial charge is 0.326 e. The number of amides is 1. The van der Waals surface area contributed by atoms with Crippen LogP contribution in [0.5, 0.6) is 0 Å². The van der Waals surface area contributed by atoms with Crippen molar-refractivity contribution >= 4 is 11.6 Å². The molecule has 20 heavy (non-hydrogen) atoms. The van der Waals surface area contributed by atoms with Crippen molar-refractivity contribution in [2.45, 2.75) is 6.92 Å². The topological polar surface area (TPSA) is 71.8 Å². The number of anilines is 1. The zero-order valence-corrected chi connectivity index (χ0v) is 11.3. The minimum absolute atomic E-state index is 0.0463. The molecule has 1 aromatic carbocycles. The van der Waals surface area contributed by atoms with Gasteiger partial charge in [0.05, 0.1) is 11.6 Å². The van der Waals surface area contributed by atoms with Crippen molar-refractivity contribution in [3.05, 3.63) is 36.9 Å². The fourth-order valence-corrected chi connectivity index (χ4v) is 2.44. The van der Waals surface area contributed by atoms with Crippen LogP contribution in [-0.2, 0) is 4.79 Å². The summed E-state index contributed by atoms with van der Waals surface area (Å²) in [5, 5.41) is 10.3. The SMILES string of the molecule is CC1CNCC1C(=O)Nc1ccc(-n2cncn2)cc1. The Labute approximate surface area is 117 Å². The number of hydrogen-bond acceptors (Lipinski definition) is 4. The van der Waals surface area contributed by atoms with Gasteiger partial charge in [0.2, 0.25) is 5.91 Å². The van der Waals surface area contributed by atoms with E-state index in [0.29, 0.717) is 5.92 Å². The molecule has 0 spiro atoms. The Bertz CT molecular complexity index is 578. The van der Waals surface area contributed by atoms with Gasteiger partial charge in [0.1, 0.15) is 12.7 Å². The number of carbonyl (C=O) groups is 1. The standard InChI is InChI=1S/C14H17N5O/c1-10-6-15-7-13(10)14(20)18-11-2-4-12(5-3-11)19-9-16-8-17-19/h2-5,8-10,13,15H,6-7H2,1H3,(H,18,20). The van der Waals surface area contributed by atoms with E-state index in [1.54, 1.807) is 11.0 Å². The van der Waals surface area contributed by atoms with Crippen LogP contribution in [0, 0.1) is 11.8 Å². The maximum atomic E-state index is 12.2. The van der Waals surface area contributed by atoms with Crippen LogP contribution in [0.2, 0.25) is 0 Å². The molecular weight excluding hydrogens is 254 g/mol. The minimum atomic E-state index is 0.0463. The normalized spacial score (nSPS) is 21.9. The lowest BCUT2D eigenvalue weighted by atomic mass is 9.97. The number of nitrogens with one attached hydrogen (secondary N) is 2. The predicted molar refractivity (Wildman–Crippen MR) is 75.5 cm³/mol. The van der Waals surface area contributed by atoms with Gasteiger partial charge in [-0.2, -0.15) is 5.10 Å². The van der Waals surface area contributed by atoms with Gasteiger partial charge in [-0.25, -0.2) is 9.67 Å². The van der Waals surface area contributed by atoms with Gasteiger partial charge in [-0.15, -0.1) is 0 Å². The first-order chi connectivity index (χ1) is 9.74. The molecule has 0 saturated carbocycles. The van der Waals surface area contributed by atoms with Gasteiger partial charge in [0.25, 0.3) is 0 Å². The van der Waals surface area contributed by atoms with Gasteiger partial charge in [-0.05, 0) is 36.7 Å². The van der Waals surface area contributed by atoms with Crippen molar-refractivity contribution in [3.63, 3.8) is 0 Å². The van der Waals surface area contributed by atoms with Gasteiger partial charge < -0.3 is 10.6 Å². The maximum absolute atomic E-state index is 12.2. The smallest absolute Gasteiger partial charge is 0.229 e. The zero-order chi connectivity index (χ0) is 13.9. The molecule has 0 bridgehead atoms. The van der Waals surface area contributed by atoms with Crippen LogP contribution in [0.3, 0.4) is 0 Å². The third-order valence-corrected chi connectivity index (χ3v) is 3.67. The summed E-state index contributed by atoms with van der Waals surface area (Å²) in [6.07, 6.45) is 3.13. The third-order valence-electron chi connectivity index (χ3n) is 3.67. The predicted octanol–water partition coefficient (Wildman–Crippen LogP) is 1.06. The van der Waals surface area contributed by atoms with Crippen molar-refractivity contribution in [2.24, 2.45) is 11.8 Å². The van der Waals surface area contributed by atoms with Crippen molar-refractivity contribution < 1.29 is 4.79 Å². The number of nitrogens with zero attached hydrogens (tertiary/aromatic N) is 3. The highest BCUT2D eigenvalue weighted by atomic mass is 16.1. The average Bonchev–Trinajstić information content (AvgIpc) is 3.10. The Morgan fingerprint density at radius 2 is 2.15 bits per heavy atom. The number of benzene rings is 1. The second kappa shape index (κ2) is 5.42. The molecule has 1 aromatic heterocycles. The monoisotopic (exact) mass is 271 g/mol. The molecule has 2 atom stereocenters. The van der Waals surface area contributed by atoms with E-state index in [-0.39, 0.29) is 11.8 Å². The van der Waals surface area contributed by atoms with Crippen molar-refractivity contribution in [1.82, 2.24) is 20.1 Å². The molecule has 6 heteroatoms. The van der Waals surface area contributed by atoms with E-state index in [1.165, 1.54) is 6.33 Å². The van der Waals surface area contributed by atoms with Crippen LogP contribution >= 0.6 is 0 Å². The number of aromatic nitrogens is 3.